The van der Waals surface area contributed by atoms with Crippen molar-refractivity contribution in [2.75, 3.05) is 26.2 Å². The number of hydrogen-bond donors (Lipinski definition) is 1. The highest BCUT2D eigenvalue weighted by molar-refractivity contribution is 5.97. The van der Waals surface area contributed by atoms with Crippen LogP contribution in [0.5, 0.6) is 0 Å². The minimum Gasteiger partial charge on any atom is -0.308 e. The van der Waals surface area contributed by atoms with Crippen molar-refractivity contribution in [1.82, 2.24) is 10.2 Å². The van der Waals surface area contributed by atoms with Gasteiger partial charge in [0.2, 0.25) is 0 Å². The first-order chi connectivity index (χ1) is 12.5. The van der Waals surface area contributed by atoms with Gasteiger partial charge in [0.05, 0.1) is 6.54 Å². The summed E-state index contributed by atoms with van der Waals surface area (Å²) >= 11 is 0. The predicted octanol–water partition coefficient (Wildman–Crippen LogP) is 4.05. The molecule has 1 heterocycles. The van der Waals surface area contributed by atoms with Crippen LogP contribution in [0.4, 0.5) is 4.39 Å². The van der Waals surface area contributed by atoms with Gasteiger partial charge in [-0.1, -0.05) is 42.0 Å². The molecule has 1 atom stereocenters. The summed E-state index contributed by atoms with van der Waals surface area (Å²) in [5, 5.41) is 3.29. The SMILES string of the molecule is Cc1ccc(C(CNCC(=O)c2ccc(C)c(F)c2)N2CCCC2)cc1. The number of halogens is 1. The second-order valence-electron chi connectivity index (χ2n) is 7.19. The highest BCUT2D eigenvalue weighted by Crippen LogP contribution is 2.25. The first kappa shape index (κ1) is 18.7. The normalized spacial score (nSPS) is 16.0. The monoisotopic (exact) mass is 354 g/mol. The molecule has 4 heteroatoms. The molecule has 0 spiro atoms. The number of likely N-dealkylation sites (tertiary alicyclic amines) is 1. The molecule has 26 heavy (non-hydrogen) atoms. The molecule has 3 rings (SSSR count). The number of nitrogens with zero attached hydrogens (tertiary/aromatic N) is 1. The molecular weight excluding hydrogens is 327 g/mol. The molecule has 1 aliphatic heterocycles. The fourth-order valence-electron chi connectivity index (χ4n) is 3.49. The summed E-state index contributed by atoms with van der Waals surface area (Å²) in [4.78, 5) is 14.8. The summed E-state index contributed by atoms with van der Waals surface area (Å²) in [7, 11) is 0. The quantitative estimate of drug-likeness (QED) is 0.761. The van der Waals surface area contributed by atoms with E-state index in [2.05, 4.69) is 41.4 Å². The zero-order chi connectivity index (χ0) is 18.5. The van der Waals surface area contributed by atoms with Crippen molar-refractivity contribution in [2.45, 2.75) is 32.7 Å². The molecule has 0 aliphatic carbocycles. The van der Waals surface area contributed by atoms with Crippen LogP contribution in [0.25, 0.3) is 0 Å². The van der Waals surface area contributed by atoms with E-state index in [4.69, 9.17) is 0 Å². The van der Waals surface area contributed by atoms with E-state index in [1.165, 1.54) is 30.0 Å². The van der Waals surface area contributed by atoms with Crippen LogP contribution in [-0.2, 0) is 0 Å². The van der Waals surface area contributed by atoms with Gasteiger partial charge in [-0.05, 0) is 57.0 Å². The Labute approximate surface area is 155 Å². The van der Waals surface area contributed by atoms with Crippen molar-refractivity contribution < 1.29 is 9.18 Å². The first-order valence-electron chi connectivity index (χ1n) is 9.35. The number of benzene rings is 2. The van der Waals surface area contributed by atoms with Gasteiger partial charge < -0.3 is 5.32 Å². The average molecular weight is 354 g/mol. The molecule has 0 amide bonds. The zero-order valence-corrected chi connectivity index (χ0v) is 15.6. The Bertz CT molecular complexity index is 751. The Morgan fingerprint density at radius 2 is 1.81 bits per heavy atom. The molecule has 1 saturated heterocycles. The molecule has 1 N–H and O–H groups in total. The number of carbonyl (C=O) groups is 1. The van der Waals surface area contributed by atoms with Crippen molar-refractivity contribution in [2.24, 2.45) is 0 Å². The van der Waals surface area contributed by atoms with E-state index in [9.17, 15) is 9.18 Å². The van der Waals surface area contributed by atoms with Gasteiger partial charge in [0.1, 0.15) is 5.82 Å². The van der Waals surface area contributed by atoms with Crippen LogP contribution in [0.1, 0.15) is 45.9 Å². The molecule has 1 aliphatic rings. The summed E-state index contributed by atoms with van der Waals surface area (Å²) < 4.78 is 13.7. The van der Waals surface area contributed by atoms with E-state index in [1.807, 2.05) is 0 Å². The van der Waals surface area contributed by atoms with Gasteiger partial charge in [0, 0.05) is 18.2 Å². The summed E-state index contributed by atoms with van der Waals surface area (Å²) in [6.07, 6.45) is 2.45. The third-order valence-electron chi connectivity index (χ3n) is 5.16. The van der Waals surface area contributed by atoms with E-state index in [0.29, 0.717) is 17.7 Å². The summed E-state index contributed by atoms with van der Waals surface area (Å²) in [5.41, 5.74) is 3.51. The van der Waals surface area contributed by atoms with Gasteiger partial charge in [-0.2, -0.15) is 0 Å². The van der Waals surface area contributed by atoms with Crippen molar-refractivity contribution >= 4 is 5.78 Å². The van der Waals surface area contributed by atoms with E-state index in [0.717, 1.165) is 13.1 Å². The van der Waals surface area contributed by atoms with Gasteiger partial charge in [-0.15, -0.1) is 0 Å². The molecule has 3 nitrogen and oxygen atoms in total. The lowest BCUT2D eigenvalue weighted by Gasteiger charge is -2.28. The third kappa shape index (κ3) is 4.57. The van der Waals surface area contributed by atoms with E-state index >= 15 is 0 Å². The Morgan fingerprint density at radius 1 is 1.12 bits per heavy atom. The number of Topliss-reactive ketones (excluding diaryl/α,β-unsaturated/α-hetero) is 1. The largest absolute Gasteiger partial charge is 0.308 e. The van der Waals surface area contributed by atoms with Gasteiger partial charge in [0.15, 0.2) is 5.78 Å². The Kier molecular flexibility index (Phi) is 6.17. The van der Waals surface area contributed by atoms with Crippen LogP contribution in [-0.4, -0.2) is 36.9 Å². The molecule has 2 aromatic carbocycles. The van der Waals surface area contributed by atoms with E-state index < -0.39 is 0 Å². The lowest BCUT2D eigenvalue weighted by atomic mass is 10.0. The van der Waals surface area contributed by atoms with Gasteiger partial charge >= 0.3 is 0 Å². The van der Waals surface area contributed by atoms with Crippen LogP contribution in [0.15, 0.2) is 42.5 Å². The lowest BCUT2D eigenvalue weighted by Crippen LogP contribution is -2.36. The second kappa shape index (κ2) is 8.56. The fourth-order valence-corrected chi connectivity index (χ4v) is 3.49. The van der Waals surface area contributed by atoms with E-state index in [1.54, 1.807) is 19.1 Å². The van der Waals surface area contributed by atoms with Crippen molar-refractivity contribution in [3.63, 3.8) is 0 Å². The maximum absolute atomic E-state index is 13.7. The smallest absolute Gasteiger partial charge is 0.176 e. The van der Waals surface area contributed by atoms with Crippen LogP contribution < -0.4 is 5.32 Å². The number of aryl methyl sites for hydroxylation is 2. The molecule has 0 saturated carbocycles. The topological polar surface area (TPSA) is 32.3 Å². The number of ketones is 1. The molecule has 2 aromatic rings. The van der Waals surface area contributed by atoms with Crippen LogP contribution >= 0.6 is 0 Å². The summed E-state index contributed by atoms with van der Waals surface area (Å²) in [6.45, 7) is 6.91. The Morgan fingerprint density at radius 3 is 2.46 bits per heavy atom. The van der Waals surface area contributed by atoms with Crippen LogP contribution in [0.3, 0.4) is 0 Å². The second-order valence-corrected chi connectivity index (χ2v) is 7.19. The molecule has 138 valence electrons. The van der Waals surface area contributed by atoms with Crippen molar-refractivity contribution in [1.29, 1.82) is 0 Å². The average Bonchev–Trinajstić information content (AvgIpc) is 3.16. The van der Waals surface area contributed by atoms with Crippen molar-refractivity contribution in [3.05, 3.63) is 70.5 Å². The minimum atomic E-state index is -0.328. The van der Waals surface area contributed by atoms with Crippen LogP contribution in [0.2, 0.25) is 0 Å². The highest BCUT2D eigenvalue weighted by atomic mass is 19.1. The molecule has 1 unspecified atom stereocenters. The maximum Gasteiger partial charge on any atom is 0.176 e. The zero-order valence-electron chi connectivity index (χ0n) is 15.6. The predicted molar refractivity (Wildman–Crippen MR) is 103 cm³/mol. The Balaban J connectivity index is 1.63. The number of hydrogen-bond acceptors (Lipinski definition) is 3. The minimum absolute atomic E-state index is 0.0759. The van der Waals surface area contributed by atoms with Crippen LogP contribution in [0, 0.1) is 19.7 Å². The number of carbonyl (C=O) groups excluding carboxylic acids is 1. The van der Waals surface area contributed by atoms with Crippen molar-refractivity contribution in [3.8, 4) is 0 Å². The standard InChI is InChI=1S/C22H27FN2O/c1-16-5-8-18(9-6-16)21(25-11-3-4-12-25)14-24-15-22(26)19-10-7-17(2)20(23)13-19/h5-10,13,21,24H,3-4,11-12,14-15H2,1-2H3. The summed E-state index contributed by atoms with van der Waals surface area (Å²) in [5.74, 6) is -0.404. The number of rotatable bonds is 7. The Hall–Kier alpha value is -2.04. The number of nitrogens with one attached hydrogen (secondary N) is 1. The van der Waals surface area contributed by atoms with E-state index in [-0.39, 0.29) is 24.2 Å². The molecule has 0 radical (unpaired) electrons. The summed E-state index contributed by atoms with van der Waals surface area (Å²) in [6, 6.07) is 13.6. The molecule has 0 bridgehead atoms. The lowest BCUT2D eigenvalue weighted by molar-refractivity contribution is 0.0987. The van der Waals surface area contributed by atoms with Gasteiger partial charge in [0.25, 0.3) is 0 Å². The maximum atomic E-state index is 13.7. The molecule has 0 aromatic heterocycles. The first-order valence-corrected chi connectivity index (χ1v) is 9.35. The highest BCUT2D eigenvalue weighted by Gasteiger charge is 2.23. The molecular formula is C22H27FN2O. The van der Waals surface area contributed by atoms with Gasteiger partial charge in [-0.25, -0.2) is 4.39 Å². The fraction of sp³-hybridized carbons (Fsp3) is 0.409. The van der Waals surface area contributed by atoms with Gasteiger partial charge in [-0.3, -0.25) is 9.69 Å². The molecule has 1 fully saturated rings. The third-order valence-corrected chi connectivity index (χ3v) is 5.16.